The molecule has 0 radical (unpaired) electrons. The Morgan fingerprint density at radius 1 is 1.50 bits per heavy atom. The molecule has 2 N–H and O–H groups in total. The zero-order valence-corrected chi connectivity index (χ0v) is 11.4. The minimum absolute atomic E-state index is 0.574. The fourth-order valence-corrected chi connectivity index (χ4v) is 2.70. The van der Waals surface area contributed by atoms with Crippen molar-refractivity contribution in [1.82, 2.24) is 15.0 Å². The Hall–Kier alpha value is -0.940. The van der Waals surface area contributed by atoms with E-state index in [1.807, 2.05) is 0 Å². The molecule has 2 rings (SSSR count). The third kappa shape index (κ3) is 3.29. The molecule has 2 heterocycles. The smallest absolute Gasteiger partial charge is 0.226 e. The Balaban J connectivity index is 1.90. The van der Waals surface area contributed by atoms with Gasteiger partial charge in [0, 0.05) is 24.9 Å². The third-order valence-electron chi connectivity index (χ3n) is 3.61. The molecular formula is C13H24N4O. The van der Waals surface area contributed by atoms with Gasteiger partial charge >= 0.3 is 0 Å². The first-order chi connectivity index (χ1) is 8.70. The molecule has 1 unspecified atom stereocenters. The van der Waals surface area contributed by atoms with E-state index in [9.17, 15) is 0 Å². The first-order valence-corrected chi connectivity index (χ1v) is 6.98. The van der Waals surface area contributed by atoms with Crippen LogP contribution in [0.1, 0.15) is 44.8 Å². The molecule has 5 heteroatoms. The van der Waals surface area contributed by atoms with Gasteiger partial charge < -0.3 is 10.3 Å². The molecule has 0 saturated carbocycles. The maximum atomic E-state index is 5.47. The molecule has 1 aliphatic heterocycles. The Morgan fingerprint density at radius 2 is 2.33 bits per heavy atom. The molecule has 0 bridgehead atoms. The molecule has 0 aliphatic carbocycles. The highest BCUT2D eigenvalue weighted by molar-refractivity contribution is 4.94. The van der Waals surface area contributed by atoms with Gasteiger partial charge in [0.1, 0.15) is 0 Å². The summed E-state index contributed by atoms with van der Waals surface area (Å²) in [5.74, 6) is 1.57. The second-order valence-electron chi connectivity index (χ2n) is 5.33. The average molecular weight is 252 g/mol. The van der Waals surface area contributed by atoms with E-state index in [1.165, 1.54) is 19.4 Å². The van der Waals surface area contributed by atoms with Crippen molar-refractivity contribution < 1.29 is 4.52 Å². The van der Waals surface area contributed by atoms with Crippen LogP contribution < -0.4 is 5.73 Å². The van der Waals surface area contributed by atoms with Gasteiger partial charge in [-0.3, -0.25) is 4.90 Å². The van der Waals surface area contributed by atoms with Gasteiger partial charge in [-0.05, 0) is 46.2 Å². The number of hydrogen-bond acceptors (Lipinski definition) is 5. The quantitative estimate of drug-likeness (QED) is 0.828. The molecule has 1 atom stereocenters. The van der Waals surface area contributed by atoms with E-state index in [0.29, 0.717) is 18.6 Å². The van der Waals surface area contributed by atoms with Crippen LogP contribution >= 0.6 is 0 Å². The highest BCUT2D eigenvalue weighted by atomic mass is 16.5. The molecular weight excluding hydrogens is 228 g/mol. The summed E-state index contributed by atoms with van der Waals surface area (Å²) >= 11 is 0. The number of aryl methyl sites for hydroxylation is 1. The first kappa shape index (κ1) is 13.5. The summed E-state index contributed by atoms with van der Waals surface area (Å²) in [5.41, 5.74) is 5.47. The van der Waals surface area contributed by atoms with Crippen molar-refractivity contribution >= 4 is 0 Å². The van der Waals surface area contributed by atoms with E-state index >= 15 is 0 Å². The molecule has 0 aromatic carbocycles. The van der Waals surface area contributed by atoms with Crippen molar-refractivity contribution in [2.75, 3.05) is 13.1 Å². The number of rotatable bonds is 6. The normalized spacial score (nSPS) is 21.0. The lowest BCUT2D eigenvalue weighted by molar-refractivity contribution is 0.200. The molecule has 1 saturated heterocycles. The Bertz CT molecular complexity index is 364. The van der Waals surface area contributed by atoms with Crippen LogP contribution in [-0.4, -0.2) is 40.2 Å². The molecule has 1 aliphatic rings. The maximum Gasteiger partial charge on any atom is 0.226 e. The number of likely N-dealkylation sites (tertiary alicyclic amines) is 1. The standard InChI is InChI=1S/C13H24N4O/c1-10(2)17-8-4-5-11(17)9-12-15-13(18-16-12)6-3-7-14/h10-11H,3-9,14H2,1-2H3. The zero-order chi connectivity index (χ0) is 13.0. The van der Waals surface area contributed by atoms with Gasteiger partial charge in [-0.25, -0.2) is 0 Å². The predicted molar refractivity (Wildman–Crippen MR) is 70.2 cm³/mol. The molecule has 1 aromatic rings. The van der Waals surface area contributed by atoms with Crippen LogP contribution in [0.4, 0.5) is 0 Å². The Morgan fingerprint density at radius 3 is 3.06 bits per heavy atom. The van der Waals surface area contributed by atoms with Crippen molar-refractivity contribution in [2.45, 2.75) is 58.0 Å². The highest BCUT2D eigenvalue weighted by Crippen LogP contribution is 2.22. The molecule has 0 spiro atoms. The number of nitrogens with two attached hydrogens (primary N) is 1. The molecule has 1 fully saturated rings. The summed E-state index contributed by atoms with van der Waals surface area (Å²) in [7, 11) is 0. The SMILES string of the molecule is CC(C)N1CCCC1Cc1noc(CCCN)n1. The van der Waals surface area contributed by atoms with Crippen LogP contribution in [0.2, 0.25) is 0 Å². The predicted octanol–water partition coefficient (Wildman–Crippen LogP) is 1.38. The summed E-state index contributed by atoms with van der Waals surface area (Å²) in [6.45, 7) is 6.37. The molecule has 5 nitrogen and oxygen atoms in total. The van der Waals surface area contributed by atoms with Crippen molar-refractivity contribution in [3.05, 3.63) is 11.7 Å². The summed E-state index contributed by atoms with van der Waals surface area (Å²) in [6.07, 6.45) is 5.13. The van der Waals surface area contributed by atoms with Gasteiger partial charge in [0.05, 0.1) is 0 Å². The lowest BCUT2D eigenvalue weighted by atomic mass is 10.1. The second kappa shape index (κ2) is 6.29. The van der Waals surface area contributed by atoms with E-state index in [1.54, 1.807) is 0 Å². The van der Waals surface area contributed by atoms with E-state index in [-0.39, 0.29) is 0 Å². The van der Waals surface area contributed by atoms with Gasteiger partial charge in [0.15, 0.2) is 5.82 Å². The summed E-state index contributed by atoms with van der Waals surface area (Å²) < 4.78 is 5.24. The lowest BCUT2D eigenvalue weighted by Gasteiger charge is -2.27. The molecule has 102 valence electrons. The summed E-state index contributed by atoms with van der Waals surface area (Å²) in [5, 5.41) is 4.07. The number of nitrogens with zero attached hydrogens (tertiary/aromatic N) is 3. The summed E-state index contributed by atoms with van der Waals surface area (Å²) in [4.78, 5) is 6.98. The van der Waals surface area contributed by atoms with Crippen LogP contribution in [0.5, 0.6) is 0 Å². The molecule has 1 aromatic heterocycles. The minimum atomic E-state index is 0.574. The number of hydrogen-bond donors (Lipinski definition) is 1. The van der Waals surface area contributed by atoms with Crippen LogP contribution in [-0.2, 0) is 12.8 Å². The van der Waals surface area contributed by atoms with Gasteiger partial charge in [0.25, 0.3) is 0 Å². The minimum Gasteiger partial charge on any atom is -0.339 e. The fourth-order valence-electron chi connectivity index (χ4n) is 2.70. The second-order valence-corrected chi connectivity index (χ2v) is 5.33. The van der Waals surface area contributed by atoms with Gasteiger partial charge in [0.2, 0.25) is 5.89 Å². The van der Waals surface area contributed by atoms with Gasteiger partial charge in [-0.2, -0.15) is 4.98 Å². The van der Waals surface area contributed by atoms with Crippen molar-refractivity contribution in [3.8, 4) is 0 Å². The topological polar surface area (TPSA) is 68.2 Å². The average Bonchev–Trinajstić information content (AvgIpc) is 2.96. The van der Waals surface area contributed by atoms with Crippen molar-refractivity contribution in [1.29, 1.82) is 0 Å². The van der Waals surface area contributed by atoms with E-state index in [0.717, 1.165) is 31.0 Å². The zero-order valence-electron chi connectivity index (χ0n) is 11.4. The third-order valence-corrected chi connectivity index (χ3v) is 3.61. The van der Waals surface area contributed by atoms with Crippen LogP contribution in [0.3, 0.4) is 0 Å². The first-order valence-electron chi connectivity index (χ1n) is 6.98. The van der Waals surface area contributed by atoms with Gasteiger partial charge in [-0.1, -0.05) is 5.16 Å². The van der Waals surface area contributed by atoms with Crippen LogP contribution in [0, 0.1) is 0 Å². The van der Waals surface area contributed by atoms with Crippen molar-refractivity contribution in [2.24, 2.45) is 5.73 Å². The largest absolute Gasteiger partial charge is 0.339 e. The summed E-state index contributed by atoms with van der Waals surface area (Å²) in [6, 6.07) is 1.17. The van der Waals surface area contributed by atoms with E-state index in [4.69, 9.17) is 10.3 Å². The van der Waals surface area contributed by atoms with Gasteiger partial charge in [-0.15, -0.1) is 0 Å². The van der Waals surface area contributed by atoms with Crippen molar-refractivity contribution in [3.63, 3.8) is 0 Å². The van der Waals surface area contributed by atoms with E-state index < -0.39 is 0 Å². The van der Waals surface area contributed by atoms with E-state index in [2.05, 4.69) is 28.9 Å². The fraction of sp³-hybridized carbons (Fsp3) is 0.846. The highest BCUT2D eigenvalue weighted by Gasteiger charge is 2.27. The molecule has 0 amide bonds. The number of aromatic nitrogens is 2. The maximum absolute atomic E-state index is 5.47. The Kier molecular flexibility index (Phi) is 4.72. The van der Waals surface area contributed by atoms with Crippen LogP contribution in [0.25, 0.3) is 0 Å². The lowest BCUT2D eigenvalue weighted by Crippen LogP contribution is -2.36. The van der Waals surface area contributed by atoms with Crippen LogP contribution in [0.15, 0.2) is 4.52 Å². The monoisotopic (exact) mass is 252 g/mol. The molecule has 18 heavy (non-hydrogen) atoms. The Labute approximate surface area is 109 Å².